The van der Waals surface area contributed by atoms with Crippen LogP contribution in [0.5, 0.6) is 0 Å². The number of benzene rings is 1. The van der Waals surface area contributed by atoms with Crippen molar-refractivity contribution >= 4 is 5.78 Å². The minimum Gasteiger partial charge on any atom is -0.461 e. The van der Waals surface area contributed by atoms with Crippen molar-refractivity contribution in [3.63, 3.8) is 0 Å². The van der Waals surface area contributed by atoms with Gasteiger partial charge in [0.05, 0.1) is 12.9 Å². The highest BCUT2D eigenvalue weighted by Gasteiger charge is 2.12. The molecule has 0 atom stereocenters. The molecule has 2 rings (SSSR count). The second-order valence-corrected chi connectivity index (χ2v) is 4.64. The lowest BCUT2D eigenvalue weighted by molar-refractivity contribution is 0.0927. The molecular formula is C16H19NO3. The first-order chi connectivity index (χ1) is 9.79. The molecule has 0 radical (unpaired) electrons. The molecule has 2 aromatic rings. The van der Waals surface area contributed by atoms with Gasteiger partial charge in [0, 0.05) is 26.1 Å². The Balaban J connectivity index is 1.87. The molecule has 0 aliphatic heterocycles. The lowest BCUT2D eigenvalue weighted by atomic mass is 10.2. The summed E-state index contributed by atoms with van der Waals surface area (Å²) < 4.78 is 5.09. The first-order valence-corrected chi connectivity index (χ1v) is 6.73. The van der Waals surface area contributed by atoms with Gasteiger partial charge in [-0.05, 0) is 17.7 Å². The van der Waals surface area contributed by atoms with E-state index in [1.165, 1.54) is 11.8 Å². The summed E-state index contributed by atoms with van der Waals surface area (Å²) in [5.74, 6) is 0.389. The number of furan rings is 1. The normalized spacial score (nSPS) is 10.9. The van der Waals surface area contributed by atoms with Gasteiger partial charge in [-0.3, -0.25) is 9.69 Å². The van der Waals surface area contributed by atoms with Crippen molar-refractivity contribution in [1.29, 1.82) is 0 Å². The summed E-state index contributed by atoms with van der Waals surface area (Å²) in [7, 11) is 0. The molecule has 1 aromatic carbocycles. The molecule has 0 aliphatic rings. The smallest absolute Gasteiger partial charge is 0.199 e. The number of ketones is 1. The molecule has 1 N–H and O–H groups in total. The third-order valence-corrected chi connectivity index (χ3v) is 3.12. The molecule has 0 fully saturated rings. The number of carbonyl (C=O) groups is 1. The van der Waals surface area contributed by atoms with E-state index in [-0.39, 0.29) is 12.4 Å². The Labute approximate surface area is 118 Å². The maximum atomic E-state index is 11.9. The number of aliphatic hydroxyl groups excluding tert-OH is 1. The summed E-state index contributed by atoms with van der Waals surface area (Å²) in [6.45, 7) is 1.98. The second kappa shape index (κ2) is 7.62. The number of hydrogen-bond donors (Lipinski definition) is 1. The van der Waals surface area contributed by atoms with Crippen LogP contribution in [0.4, 0.5) is 0 Å². The second-order valence-electron chi connectivity index (χ2n) is 4.64. The Morgan fingerprint density at radius 1 is 1.10 bits per heavy atom. The lowest BCUT2D eigenvalue weighted by Crippen LogP contribution is -2.28. The molecule has 106 valence electrons. The van der Waals surface area contributed by atoms with Gasteiger partial charge in [-0.2, -0.15) is 0 Å². The molecule has 0 saturated heterocycles. The molecule has 0 amide bonds. The molecular weight excluding hydrogens is 254 g/mol. The first-order valence-electron chi connectivity index (χ1n) is 6.73. The van der Waals surface area contributed by atoms with Crippen molar-refractivity contribution in [2.24, 2.45) is 0 Å². The number of aliphatic hydroxyl groups is 1. The van der Waals surface area contributed by atoms with Crippen molar-refractivity contribution in [3.05, 3.63) is 60.1 Å². The Kier molecular flexibility index (Phi) is 5.53. The minimum atomic E-state index is -0.00833. The largest absolute Gasteiger partial charge is 0.461 e. The van der Waals surface area contributed by atoms with Crippen LogP contribution < -0.4 is 0 Å². The van der Waals surface area contributed by atoms with Crippen LogP contribution in [-0.2, 0) is 6.54 Å². The standard InChI is InChI=1S/C16H19NO3/c18-11-10-17(13-14-5-2-1-3-6-14)9-8-15(19)16-7-4-12-20-16/h1-7,12,18H,8-11,13H2. The van der Waals surface area contributed by atoms with E-state index in [4.69, 9.17) is 9.52 Å². The zero-order valence-corrected chi connectivity index (χ0v) is 11.4. The van der Waals surface area contributed by atoms with Crippen LogP contribution in [0.25, 0.3) is 0 Å². The molecule has 0 saturated carbocycles. The van der Waals surface area contributed by atoms with Crippen molar-refractivity contribution < 1.29 is 14.3 Å². The SMILES string of the molecule is O=C(CCN(CCO)Cc1ccccc1)c1ccco1. The fourth-order valence-electron chi connectivity index (χ4n) is 2.07. The Morgan fingerprint density at radius 3 is 2.55 bits per heavy atom. The van der Waals surface area contributed by atoms with Crippen LogP contribution in [0, 0.1) is 0 Å². The fraction of sp³-hybridized carbons (Fsp3) is 0.312. The molecule has 0 aliphatic carbocycles. The maximum Gasteiger partial charge on any atom is 0.199 e. The van der Waals surface area contributed by atoms with Gasteiger partial charge in [-0.15, -0.1) is 0 Å². The summed E-state index contributed by atoms with van der Waals surface area (Å²) in [6.07, 6.45) is 1.89. The van der Waals surface area contributed by atoms with Crippen molar-refractivity contribution in [1.82, 2.24) is 4.90 Å². The number of carbonyl (C=O) groups excluding carboxylic acids is 1. The quantitative estimate of drug-likeness (QED) is 0.750. The van der Waals surface area contributed by atoms with Crippen LogP contribution in [0.2, 0.25) is 0 Å². The van der Waals surface area contributed by atoms with Gasteiger partial charge < -0.3 is 9.52 Å². The molecule has 20 heavy (non-hydrogen) atoms. The Morgan fingerprint density at radius 2 is 1.90 bits per heavy atom. The summed E-state index contributed by atoms with van der Waals surface area (Å²) in [6, 6.07) is 13.4. The number of rotatable bonds is 8. The van der Waals surface area contributed by atoms with E-state index in [2.05, 4.69) is 4.90 Å². The number of Topliss-reactive ketones (excluding diaryl/α,β-unsaturated/α-hetero) is 1. The zero-order valence-electron chi connectivity index (χ0n) is 11.4. The zero-order chi connectivity index (χ0) is 14.2. The van der Waals surface area contributed by atoms with Crippen LogP contribution >= 0.6 is 0 Å². The number of hydrogen-bond acceptors (Lipinski definition) is 4. The van der Waals surface area contributed by atoms with E-state index in [1.807, 2.05) is 30.3 Å². The van der Waals surface area contributed by atoms with Crippen LogP contribution in [0.3, 0.4) is 0 Å². The van der Waals surface area contributed by atoms with E-state index < -0.39 is 0 Å². The van der Waals surface area contributed by atoms with Crippen molar-refractivity contribution in [3.8, 4) is 0 Å². The highest BCUT2D eigenvalue weighted by molar-refractivity contribution is 5.93. The van der Waals surface area contributed by atoms with Gasteiger partial charge >= 0.3 is 0 Å². The summed E-state index contributed by atoms with van der Waals surface area (Å²) in [5, 5.41) is 9.12. The van der Waals surface area contributed by atoms with Gasteiger partial charge in [-0.1, -0.05) is 30.3 Å². The molecule has 0 spiro atoms. The van der Waals surface area contributed by atoms with E-state index in [0.29, 0.717) is 25.3 Å². The van der Waals surface area contributed by atoms with Gasteiger partial charge in [0.1, 0.15) is 0 Å². The van der Waals surface area contributed by atoms with Crippen LogP contribution in [0.15, 0.2) is 53.1 Å². The fourth-order valence-corrected chi connectivity index (χ4v) is 2.07. The molecule has 1 aromatic heterocycles. The highest BCUT2D eigenvalue weighted by Crippen LogP contribution is 2.08. The van der Waals surface area contributed by atoms with Gasteiger partial charge in [0.25, 0.3) is 0 Å². The molecule has 4 heteroatoms. The van der Waals surface area contributed by atoms with E-state index in [0.717, 1.165) is 6.54 Å². The molecule has 0 bridgehead atoms. The van der Waals surface area contributed by atoms with E-state index in [1.54, 1.807) is 12.1 Å². The van der Waals surface area contributed by atoms with Crippen LogP contribution in [-0.4, -0.2) is 35.5 Å². The van der Waals surface area contributed by atoms with Gasteiger partial charge in [-0.25, -0.2) is 0 Å². The third-order valence-electron chi connectivity index (χ3n) is 3.12. The molecule has 1 heterocycles. The van der Waals surface area contributed by atoms with E-state index >= 15 is 0 Å². The summed E-state index contributed by atoms with van der Waals surface area (Å²) in [4.78, 5) is 13.9. The summed E-state index contributed by atoms with van der Waals surface area (Å²) >= 11 is 0. The third kappa shape index (κ3) is 4.33. The molecule has 0 unspecified atom stereocenters. The Hall–Kier alpha value is -1.91. The lowest BCUT2D eigenvalue weighted by Gasteiger charge is -2.20. The van der Waals surface area contributed by atoms with Crippen molar-refractivity contribution in [2.75, 3.05) is 19.7 Å². The van der Waals surface area contributed by atoms with Gasteiger partial charge in [0.2, 0.25) is 0 Å². The topological polar surface area (TPSA) is 53.7 Å². The van der Waals surface area contributed by atoms with Crippen LogP contribution in [0.1, 0.15) is 22.5 Å². The predicted octanol–water partition coefficient (Wildman–Crippen LogP) is 2.35. The average Bonchev–Trinajstić information content (AvgIpc) is 3.00. The van der Waals surface area contributed by atoms with E-state index in [9.17, 15) is 4.79 Å². The Bertz CT molecular complexity index is 508. The molecule has 4 nitrogen and oxygen atoms in total. The maximum absolute atomic E-state index is 11.9. The van der Waals surface area contributed by atoms with Crippen molar-refractivity contribution in [2.45, 2.75) is 13.0 Å². The van der Waals surface area contributed by atoms with Gasteiger partial charge in [0.15, 0.2) is 11.5 Å². The first kappa shape index (κ1) is 14.5. The predicted molar refractivity (Wildman–Crippen MR) is 76.5 cm³/mol. The average molecular weight is 273 g/mol. The number of nitrogens with zero attached hydrogens (tertiary/aromatic N) is 1. The minimum absolute atomic E-state index is 0.00833. The highest BCUT2D eigenvalue weighted by atomic mass is 16.3. The summed E-state index contributed by atoms with van der Waals surface area (Å²) in [5.41, 5.74) is 1.17. The monoisotopic (exact) mass is 273 g/mol.